The fourth-order valence-corrected chi connectivity index (χ4v) is 5.24. The minimum absolute atomic E-state index is 0.261. The van der Waals surface area contributed by atoms with E-state index in [0.717, 1.165) is 16.6 Å². The van der Waals surface area contributed by atoms with Crippen molar-refractivity contribution in [3.05, 3.63) is 60.3 Å². The molecule has 0 radical (unpaired) electrons. The number of hydrogen-bond acceptors (Lipinski definition) is 5. The van der Waals surface area contributed by atoms with E-state index in [1.165, 1.54) is 3.97 Å². The van der Waals surface area contributed by atoms with Gasteiger partial charge in [-0.15, -0.1) is 0 Å². The van der Waals surface area contributed by atoms with Gasteiger partial charge < -0.3 is 14.5 Å². The maximum absolute atomic E-state index is 13.2. The Hall–Kier alpha value is -3.00. The van der Waals surface area contributed by atoms with Gasteiger partial charge in [-0.2, -0.15) is 0 Å². The van der Waals surface area contributed by atoms with Crippen molar-refractivity contribution >= 4 is 32.7 Å². The second kappa shape index (κ2) is 8.16. The first-order chi connectivity index (χ1) is 15.1. The number of rotatable bonds is 3. The summed E-state index contributed by atoms with van der Waals surface area (Å²) >= 11 is 0. The SMILES string of the molecule is Cc1ccc(S(=O)(=O)n2ccc3c(N4CCN(C(=O)OC(C)(C)C)CC4)cccc32)cc1. The molecular weight excluding hydrogens is 426 g/mol. The van der Waals surface area contributed by atoms with Gasteiger partial charge in [0.05, 0.1) is 10.4 Å². The average Bonchev–Trinajstić information content (AvgIpc) is 3.18. The Morgan fingerprint density at radius 3 is 2.22 bits per heavy atom. The molecule has 0 atom stereocenters. The highest BCUT2D eigenvalue weighted by molar-refractivity contribution is 7.90. The largest absolute Gasteiger partial charge is 0.444 e. The van der Waals surface area contributed by atoms with Gasteiger partial charge in [0.15, 0.2) is 0 Å². The van der Waals surface area contributed by atoms with E-state index in [1.54, 1.807) is 35.4 Å². The number of benzene rings is 2. The zero-order valence-corrected chi connectivity index (χ0v) is 19.7. The van der Waals surface area contributed by atoms with Gasteiger partial charge in [-0.1, -0.05) is 23.8 Å². The Bertz CT molecular complexity index is 1230. The highest BCUT2D eigenvalue weighted by atomic mass is 32.2. The molecule has 1 amide bonds. The molecule has 1 fully saturated rings. The summed E-state index contributed by atoms with van der Waals surface area (Å²) in [6.07, 6.45) is 1.31. The van der Waals surface area contributed by atoms with Crippen LogP contribution in [-0.4, -0.2) is 55.2 Å². The van der Waals surface area contributed by atoms with Crippen LogP contribution in [0.5, 0.6) is 0 Å². The number of nitrogens with zero attached hydrogens (tertiary/aromatic N) is 3. The van der Waals surface area contributed by atoms with Crippen molar-refractivity contribution in [2.24, 2.45) is 0 Å². The topological polar surface area (TPSA) is 71.9 Å². The number of aryl methyl sites for hydroxylation is 1. The van der Waals surface area contributed by atoms with Crippen molar-refractivity contribution < 1.29 is 17.9 Å². The van der Waals surface area contributed by atoms with Crippen molar-refractivity contribution in [1.29, 1.82) is 0 Å². The van der Waals surface area contributed by atoms with Gasteiger partial charge in [0, 0.05) is 43.4 Å². The van der Waals surface area contributed by atoms with Crippen molar-refractivity contribution in [2.75, 3.05) is 31.1 Å². The van der Waals surface area contributed by atoms with E-state index in [1.807, 2.05) is 52.0 Å². The highest BCUT2D eigenvalue weighted by Crippen LogP contribution is 2.31. The number of fused-ring (bicyclic) bond motifs is 1. The summed E-state index contributed by atoms with van der Waals surface area (Å²) in [5.74, 6) is 0. The molecule has 1 saturated heterocycles. The second-order valence-corrected chi connectivity index (χ2v) is 10.9. The maximum Gasteiger partial charge on any atom is 0.410 e. The van der Waals surface area contributed by atoms with Crippen molar-refractivity contribution in [2.45, 2.75) is 38.2 Å². The molecule has 0 aliphatic carbocycles. The highest BCUT2D eigenvalue weighted by Gasteiger charge is 2.27. The van der Waals surface area contributed by atoms with Crippen molar-refractivity contribution in [3.63, 3.8) is 0 Å². The predicted octanol–water partition coefficient (Wildman–Crippen LogP) is 4.24. The number of piperazine rings is 1. The lowest BCUT2D eigenvalue weighted by atomic mass is 10.1. The standard InChI is InChI=1S/C24H29N3O4S/c1-18-8-10-19(11-9-18)32(29,30)27-13-12-20-21(6-5-7-22(20)27)25-14-16-26(17-15-25)23(28)31-24(2,3)4/h5-13H,14-17H2,1-4H3. The molecule has 0 spiro atoms. The first-order valence-electron chi connectivity index (χ1n) is 10.7. The minimum atomic E-state index is -3.70. The second-order valence-electron chi connectivity index (χ2n) is 9.09. The molecule has 3 aromatic rings. The summed E-state index contributed by atoms with van der Waals surface area (Å²) in [6.45, 7) is 9.89. The number of amides is 1. The van der Waals surface area contributed by atoms with Gasteiger partial charge in [0.1, 0.15) is 5.60 Å². The lowest BCUT2D eigenvalue weighted by Crippen LogP contribution is -2.50. The van der Waals surface area contributed by atoms with Crippen LogP contribution in [0.3, 0.4) is 0 Å². The van der Waals surface area contributed by atoms with E-state index < -0.39 is 15.6 Å². The van der Waals surface area contributed by atoms with Crippen LogP contribution in [0.25, 0.3) is 10.9 Å². The third-order valence-corrected chi connectivity index (χ3v) is 7.23. The fraction of sp³-hybridized carbons (Fsp3) is 0.375. The van der Waals surface area contributed by atoms with E-state index >= 15 is 0 Å². The normalized spacial score (nSPS) is 15.2. The molecule has 0 saturated carbocycles. The van der Waals surface area contributed by atoms with Crippen LogP contribution in [0, 0.1) is 6.92 Å². The number of anilines is 1. The quantitative estimate of drug-likeness (QED) is 0.591. The summed E-state index contributed by atoms with van der Waals surface area (Å²) in [5, 5.41) is 0.869. The fourth-order valence-electron chi connectivity index (χ4n) is 3.89. The lowest BCUT2D eigenvalue weighted by molar-refractivity contribution is 0.0240. The molecule has 7 nitrogen and oxygen atoms in total. The molecule has 1 aliphatic heterocycles. The summed E-state index contributed by atoms with van der Waals surface area (Å²) in [4.78, 5) is 16.5. The summed E-state index contributed by atoms with van der Waals surface area (Å²) in [5.41, 5.74) is 2.09. The van der Waals surface area contributed by atoms with Gasteiger partial charge >= 0.3 is 6.09 Å². The van der Waals surface area contributed by atoms with Gasteiger partial charge in [-0.05, 0) is 58.0 Å². The van der Waals surface area contributed by atoms with Crippen LogP contribution in [0.4, 0.5) is 10.5 Å². The minimum Gasteiger partial charge on any atom is -0.444 e. The first kappa shape index (κ1) is 22.2. The van der Waals surface area contributed by atoms with Gasteiger partial charge in [0.2, 0.25) is 0 Å². The smallest absolute Gasteiger partial charge is 0.410 e. The number of aromatic nitrogens is 1. The average molecular weight is 456 g/mol. The van der Waals surface area contributed by atoms with Gasteiger partial charge in [-0.3, -0.25) is 0 Å². The van der Waals surface area contributed by atoms with Gasteiger partial charge in [-0.25, -0.2) is 17.2 Å². The number of carbonyl (C=O) groups excluding carboxylic acids is 1. The predicted molar refractivity (Wildman–Crippen MR) is 126 cm³/mol. The zero-order valence-electron chi connectivity index (χ0n) is 18.9. The first-order valence-corrected chi connectivity index (χ1v) is 12.2. The van der Waals surface area contributed by atoms with Crippen LogP contribution < -0.4 is 4.90 Å². The monoisotopic (exact) mass is 455 g/mol. The summed E-state index contributed by atoms with van der Waals surface area (Å²) < 4.78 is 33.3. The van der Waals surface area contributed by atoms with Crippen LogP contribution in [-0.2, 0) is 14.8 Å². The van der Waals surface area contributed by atoms with Crippen LogP contribution in [0.15, 0.2) is 59.6 Å². The Morgan fingerprint density at radius 1 is 0.938 bits per heavy atom. The molecule has 0 unspecified atom stereocenters. The molecule has 2 aromatic carbocycles. The lowest BCUT2D eigenvalue weighted by Gasteiger charge is -2.37. The van der Waals surface area contributed by atoms with E-state index in [9.17, 15) is 13.2 Å². The van der Waals surface area contributed by atoms with E-state index in [0.29, 0.717) is 31.7 Å². The third kappa shape index (κ3) is 4.32. The summed E-state index contributed by atoms with van der Waals surface area (Å²) in [6, 6.07) is 14.4. The maximum atomic E-state index is 13.2. The molecule has 170 valence electrons. The number of carbonyl (C=O) groups is 1. The Labute approximate surface area is 189 Å². The van der Waals surface area contributed by atoms with Gasteiger partial charge in [0.25, 0.3) is 10.0 Å². The van der Waals surface area contributed by atoms with Crippen molar-refractivity contribution in [1.82, 2.24) is 8.87 Å². The molecular formula is C24H29N3O4S. The molecule has 1 aromatic heterocycles. The Kier molecular flexibility index (Phi) is 5.67. The van der Waals surface area contributed by atoms with Crippen molar-refractivity contribution in [3.8, 4) is 0 Å². The third-order valence-electron chi connectivity index (χ3n) is 5.52. The van der Waals surface area contributed by atoms with E-state index in [4.69, 9.17) is 4.74 Å². The number of ether oxygens (including phenoxy) is 1. The molecule has 2 heterocycles. The number of hydrogen-bond donors (Lipinski definition) is 0. The molecule has 32 heavy (non-hydrogen) atoms. The molecule has 0 N–H and O–H groups in total. The molecule has 4 rings (SSSR count). The molecule has 0 bridgehead atoms. The summed E-state index contributed by atoms with van der Waals surface area (Å²) in [7, 11) is -3.70. The Balaban J connectivity index is 1.58. The van der Waals surface area contributed by atoms with Crippen LogP contribution >= 0.6 is 0 Å². The van der Waals surface area contributed by atoms with Crippen LogP contribution in [0.1, 0.15) is 26.3 Å². The molecule has 8 heteroatoms. The van der Waals surface area contributed by atoms with E-state index in [-0.39, 0.29) is 11.0 Å². The Morgan fingerprint density at radius 2 is 1.59 bits per heavy atom. The van der Waals surface area contributed by atoms with Crippen LogP contribution in [0.2, 0.25) is 0 Å². The van der Waals surface area contributed by atoms with E-state index in [2.05, 4.69) is 4.90 Å². The zero-order chi connectivity index (χ0) is 23.1. The molecule has 1 aliphatic rings.